The average molecular weight is 168 g/mol. The van der Waals surface area contributed by atoms with Crippen molar-refractivity contribution in [1.29, 1.82) is 0 Å². The summed E-state index contributed by atoms with van der Waals surface area (Å²) in [7, 11) is 3.38. The van der Waals surface area contributed by atoms with Gasteiger partial charge < -0.3 is 5.73 Å². The lowest BCUT2D eigenvalue weighted by atomic mass is 10.4. The van der Waals surface area contributed by atoms with Crippen molar-refractivity contribution in [1.82, 2.24) is 9.78 Å². The summed E-state index contributed by atoms with van der Waals surface area (Å²) < 4.78 is 1.61. The molecular formula is C7H12N4O. The number of hydrogen-bond acceptors (Lipinski definition) is 2. The first kappa shape index (κ1) is 8.58. The molecule has 1 rings (SSSR count). The van der Waals surface area contributed by atoms with Gasteiger partial charge in [-0.2, -0.15) is 5.10 Å². The first-order valence-electron chi connectivity index (χ1n) is 3.56. The van der Waals surface area contributed by atoms with Crippen molar-refractivity contribution in [2.24, 2.45) is 12.8 Å². The molecule has 66 valence electrons. The van der Waals surface area contributed by atoms with Gasteiger partial charge in [-0.05, 0) is 6.92 Å². The summed E-state index contributed by atoms with van der Waals surface area (Å²) in [5.41, 5.74) is 5.95. The highest BCUT2D eigenvalue weighted by molar-refractivity contribution is 5.89. The summed E-state index contributed by atoms with van der Waals surface area (Å²) in [5, 5.41) is 4.08. The monoisotopic (exact) mass is 168 g/mol. The minimum absolute atomic E-state index is 0.488. The van der Waals surface area contributed by atoms with Gasteiger partial charge in [0.15, 0.2) is 0 Å². The molecule has 1 aromatic rings. The predicted octanol–water partition coefficient (Wildman–Crippen LogP) is 0.243. The van der Waals surface area contributed by atoms with Crippen molar-refractivity contribution in [2.75, 3.05) is 11.9 Å². The largest absolute Gasteiger partial charge is 0.351 e. The van der Waals surface area contributed by atoms with Gasteiger partial charge in [0.2, 0.25) is 0 Å². The van der Waals surface area contributed by atoms with E-state index >= 15 is 0 Å². The second kappa shape index (κ2) is 2.84. The Hall–Kier alpha value is -1.52. The molecule has 5 nitrogen and oxygen atoms in total. The van der Waals surface area contributed by atoms with Crippen LogP contribution in [0.1, 0.15) is 5.69 Å². The Morgan fingerprint density at radius 3 is 2.67 bits per heavy atom. The number of hydrogen-bond donors (Lipinski definition) is 1. The second-order valence-electron chi connectivity index (χ2n) is 2.66. The molecule has 2 N–H and O–H groups in total. The maximum atomic E-state index is 10.8. The van der Waals surface area contributed by atoms with Crippen LogP contribution in [0.3, 0.4) is 0 Å². The third kappa shape index (κ3) is 1.39. The van der Waals surface area contributed by atoms with Crippen molar-refractivity contribution in [3.63, 3.8) is 0 Å². The van der Waals surface area contributed by atoms with Gasteiger partial charge in [-0.3, -0.25) is 9.58 Å². The van der Waals surface area contributed by atoms with E-state index in [1.54, 1.807) is 24.8 Å². The van der Waals surface area contributed by atoms with Crippen LogP contribution in [0.5, 0.6) is 0 Å². The van der Waals surface area contributed by atoms with E-state index in [2.05, 4.69) is 5.10 Å². The molecular weight excluding hydrogens is 156 g/mol. The minimum atomic E-state index is -0.488. The van der Waals surface area contributed by atoms with Crippen LogP contribution in [0.4, 0.5) is 10.6 Å². The molecule has 5 heteroatoms. The molecule has 12 heavy (non-hydrogen) atoms. The summed E-state index contributed by atoms with van der Waals surface area (Å²) in [5.74, 6) is 0.694. The number of carbonyl (C=O) groups is 1. The van der Waals surface area contributed by atoms with E-state index in [1.165, 1.54) is 4.90 Å². The lowest BCUT2D eigenvalue weighted by Gasteiger charge is -2.12. The number of rotatable bonds is 1. The van der Waals surface area contributed by atoms with Gasteiger partial charge in [-0.15, -0.1) is 0 Å². The highest BCUT2D eigenvalue weighted by atomic mass is 16.2. The number of nitrogens with zero attached hydrogens (tertiary/aromatic N) is 3. The summed E-state index contributed by atoms with van der Waals surface area (Å²) in [6.45, 7) is 1.86. The molecule has 0 unspecified atom stereocenters. The number of carbonyl (C=O) groups excluding carboxylic acids is 1. The minimum Gasteiger partial charge on any atom is -0.351 e. The number of anilines is 1. The normalized spacial score (nSPS) is 9.92. The van der Waals surface area contributed by atoms with Crippen LogP contribution in [-0.4, -0.2) is 22.9 Å². The molecule has 0 saturated carbocycles. The van der Waals surface area contributed by atoms with Crippen LogP contribution in [-0.2, 0) is 7.05 Å². The smallest absolute Gasteiger partial charge is 0.320 e. The summed E-state index contributed by atoms with van der Waals surface area (Å²) in [6, 6.07) is 1.31. The molecule has 0 radical (unpaired) electrons. The molecule has 0 aliphatic carbocycles. The Bertz CT molecular complexity index is 304. The standard InChI is InChI=1S/C7H12N4O/c1-5-4-6(11(3)9-5)10(2)7(8)12/h4H,1-3H3,(H2,8,12). The third-order valence-corrected chi connectivity index (χ3v) is 1.65. The third-order valence-electron chi connectivity index (χ3n) is 1.65. The van der Waals surface area contributed by atoms with Crippen LogP contribution in [0, 0.1) is 6.92 Å². The SMILES string of the molecule is Cc1cc(N(C)C(N)=O)n(C)n1. The Kier molecular flexibility index (Phi) is 2.03. The van der Waals surface area contributed by atoms with E-state index in [0.717, 1.165) is 5.69 Å². The van der Waals surface area contributed by atoms with Gasteiger partial charge in [-0.1, -0.05) is 0 Å². The highest BCUT2D eigenvalue weighted by Gasteiger charge is 2.10. The maximum absolute atomic E-state index is 10.8. The van der Waals surface area contributed by atoms with Gasteiger partial charge >= 0.3 is 6.03 Å². The Morgan fingerprint density at radius 2 is 2.33 bits per heavy atom. The fraction of sp³-hybridized carbons (Fsp3) is 0.429. The molecule has 0 aliphatic rings. The Labute approximate surface area is 70.8 Å². The van der Waals surface area contributed by atoms with Crippen molar-refractivity contribution < 1.29 is 4.79 Å². The van der Waals surface area contributed by atoms with Crippen LogP contribution in [0.2, 0.25) is 0 Å². The van der Waals surface area contributed by atoms with E-state index < -0.39 is 6.03 Å². The number of primary amides is 1. The maximum Gasteiger partial charge on any atom is 0.320 e. The lowest BCUT2D eigenvalue weighted by Crippen LogP contribution is -2.33. The zero-order chi connectivity index (χ0) is 9.30. The van der Waals surface area contributed by atoms with Crippen LogP contribution in [0.25, 0.3) is 0 Å². The molecule has 1 heterocycles. The zero-order valence-corrected chi connectivity index (χ0v) is 7.40. The first-order chi connectivity index (χ1) is 5.52. The fourth-order valence-electron chi connectivity index (χ4n) is 1.02. The second-order valence-corrected chi connectivity index (χ2v) is 2.66. The quantitative estimate of drug-likeness (QED) is 0.653. The molecule has 1 aromatic heterocycles. The van der Waals surface area contributed by atoms with Crippen LogP contribution in [0.15, 0.2) is 6.07 Å². The number of nitrogens with two attached hydrogens (primary N) is 1. The van der Waals surface area contributed by atoms with Crippen molar-refractivity contribution >= 4 is 11.8 Å². The summed E-state index contributed by atoms with van der Waals surface area (Å²) in [6.07, 6.45) is 0. The van der Waals surface area contributed by atoms with Gasteiger partial charge in [-0.25, -0.2) is 4.79 Å². The van der Waals surface area contributed by atoms with Gasteiger partial charge in [0.05, 0.1) is 5.69 Å². The molecule has 0 fully saturated rings. The van der Waals surface area contributed by atoms with Crippen LogP contribution >= 0.6 is 0 Å². The highest BCUT2D eigenvalue weighted by Crippen LogP contribution is 2.11. The molecule has 0 aliphatic heterocycles. The van der Waals surface area contributed by atoms with Gasteiger partial charge in [0.1, 0.15) is 5.82 Å². The van der Waals surface area contributed by atoms with Crippen molar-refractivity contribution in [3.05, 3.63) is 11.8 Å². The fourth-order valence-corrected chi connectivity index (χ4v) is 1.02. The summed E-state index contributed by atoms with van der Waals surface area (Å²) >= 11 is 0. The molecule has 0 atom stereocenters. The predicted molar refractivity (Wildman–Crippen MR) is 45.9 cm³/mol. The summed E-state index contributed by atoms with van der Waals surface area (Å²) in [4.78, 5) is 12.1. The van der Waals surface area contributed by atoms with Crippen molar-refractivity contribution in [2.45, 2.75) is 6.92 Å². The van der Waals surface area contributed by atoms with E-state index in [1.807, 2.05) is 6.92 Å². The molecule has 0 bridgehead atoms. The average Bonchev–Trinajstić information content (AvgIpc) is 2.28. The number of amides is 2. The van der Waals surface area contributed by atoms with E-state index in [9.17, 15) is 4.79 Å². The zero-order valence-electron chi connectivity index (χ0n) is 7.40. The van der Waals surface area contributed by atoms with E-state index in [0.29, 0.717) is 5.82 Å². The molecule has 0 saturated heterocycles. The Balaban J connectivity index is 3.02. The Morgan fingerprint density at radius 1 is 1.75 bits per heavy atom. The van der Waals surface area contributed by atoms with Crippen LogP contribution < -0.4 is 10.6 Å². The van der Waals surface area contributed by atoms with Gasteiger partial charge in [0, 0.05) is 20.2 Å². The molecule has 0 spiro atoms. The number of aromatic nitrogens is 2. The lowest BCUT2D eigenvalue weighted by molar-refractivity contribution is 0.254. The number of urea groups is 1. The molecule has 2 amide bonds. The van der Waals surface area contributed by atoms with Crippen molar-refractivity contribution in [3.8, 4) is 0 Å². The van der Waals surface area contributed by atoms with E-state index in [-0.39, 0.29) is 0 Å². The number of aryl methyl sites for hydroxylation is 2. The topological polar surface area (TPSA) is 64.2 Å². The first-order valence-corrected chi connectivity index (χ1v) is 3.56. The molecule has 0 aromatic carbocycles. The van der Waals surface area contributed by atoms with E-state index in [4.69, 9.17) is 5.73 Å². The van der Waals surface area contributed by atoms with Gasteiger partial charge in [0.25, 0.3) is 0 Å².